The average Bonchev–Trinajstić information content (AvgIpc) is 3.31. The molecule has 0 atom stereocenters. The van der Waals surface area contributed by atoms with Gasteiger partial charge in [0, 0.05) is 33.4 Å². The Morgan fingerprint density at radius 3 is 1.48 bits per heavy atom. The van der Waals surface area contributed by atoms with Gasteiger partial charge in [-0.05, 0) is 58.1 Å². The summed E-state index contributed by atoms with van der Waals surface area (Å²) in [6, 6.07) is 72.7. The molecule has 0 saturated carbocycles. The van der Waals surface area contributed by atoms with E-state index < -0.39 is 5.41 Å². The lowest BCUT2D eigenvalue weighted by Gasteiger charge is -2.42. The van der Waals surface area contributed by atoms with E-state index in [0.717, 1.165) is 61.6 Å². The molecule has 9 aromatic rings. The zero-order chi connectivity index (χ0) is 38.9. The first-order valence-corrected chi connectivity index (χ1v) is 19.2. The van der Waals surface area contributed by atoms with Crippen LogP contribution in [-0.4, -0.2) is 15.0 Å². The van der Waals surface area contributed by atoms with Crippen LogP contribution in [-0.2, 0) is 5.41 Å². The number of hydrogen-bond donors (Lipinski definition) is 0. The van der Waals surface area contributed by atoms with Crippen LogP contribution in [0, 0.1) is 11.3 Å². The van der Waals surface area contributed by atoms with Crippen LogP contribution in [0.5, 0.6) is 11.5 Å². The molecule has 0 amide bonds. The van der Waals surface area contributed by atoms with E-state index in [9.17, 15) is 5.26 Å². The molecule has 272 valence electrons. The summed E-state index contributed by atoms with van der Waals surface area (Å²) >= 11 is 0. The first-order chi connectivity index (χ1) is 28.7. The van der Waals surface area contributed by atoms with E-state index in [1.54, 1.807) is 12.1 Å². The minimum Gasteiger partial charge on any atom is -0.456 e. The molecule has 5 heteroatoms. The zero-order valence-electron chi connectivity index (χ0n) is 31.3. The summed E-state index contributed by atoms with van der Waals surface area (Å²) < 4.78 is 6.92. The summed E-state index contributed by atoms with van der Waals surface area (Å²) in [5, 5.41) is 9.47. The van der Waals surface area contributed by atoms with E-state index in [-0.39, 0.29) is 0 Å². The van der Waals surface area contributed by atoms with Gasteiger partial charge in [-0.1, -0.05) is 176 Å². The number of aromatic nitrogens is 3. The van der Waals surface area contributed by atoms with Crippen LogP contribution in [0.25, 0.3) is 56.4 Å². The predicted octanol–water partition coefficient (Wildman–Crippen LogP) is 12.6. The molecule has 0 saturated heterocycles. The second kappa shape index (κ2) is 14.6. The number of nitrogens with zero attached hydrogens (tertiary/aromatic N) is 4. The SMILES string of the molecule is N#Cc1ccc(-c2nc(-c3ccc(-c4cccc5c4Oc4ccccc4C5(c4ccccc4)c4ccccc4)cc3)nc(-c3ccccc3-c3ccccc3)n2)cc1. The lowest BCUT2D eigenvalue weighted by molar-refractivity contribution is 0.436. The van der Waals surface area contributed by atoms with Gasteiger partial charge in [0.05, 0.1) is 17.0 Å². The Morgan fingerprint density at radius 1 is 0.379 bits per heavy atom. The Hall–Kier alpha value is -7.94. The summed E-state index contributed by atoms with van der Waals surface area (Å²) in [5.41, 5.74) is 11.1. The number of benzene rings is 8. The standard InChI is InChI=1S/C53H34N4O/c54-35-36-27-29-39(30-28-36)50-55-51(57-52(56-50)45-22-11-10-21-43(45)37-15-4-1-5-16-37)40-33-31-38(32-34-40)44-23-14-25-47-49(44)58-48-26-13-12-24-46(48)53(47,41-17-6-2-7-18-41)42-19-8-3-9-20-42/h1-34H. The molecule has 0 bridgehead atoms. The molecule has 1 aromatic heterocycles. The third-order valence-electron chi connectivity index (χ3n) is 11.0. The smallest absolute Gasteiger partial charge is 0.164 e. The molecule has 2 heterocycles. The van der Waals surface area contributed by atoms with Crippen molar-refractivity contribution in [2.24, 2.45) is 0 Å². The molecule has 0 unspecified atom stereocenters. The minimum atomic E-state index is -0.609. The zero-order valence-corrected chi connectivity index (χ0v) is 31.3. The minimum absolute atomic E-state index is 0.527. The monoisotopic (exact) mass is 742 g/mol. The average molecular weight is 743 g/mol. The first kappa shape index (κ1) is 34.5. The summed E-state index contributed by atoms with van der Waals surface area (Å²) in [6.45, 7) is 0. The number of ether oxygens (including phenoxy) is 1. The van der Waals surface area contributed by atoms with Crippen molar-refractivity contribution >= 4 is 0 Å². The van der Waals surface area contributed by atoms with Gasteiger partial charge in [0.25, 0.3) is 0 Å². The van der Waals surface area contributed by atoms with Crippen molar-refractivity contribution in [1.29, 1.82) is 5.26 Å². The summed E-state index contributed by atoms with van der Waals surface area (Å²) in [5.74, 6) is 3.29. The number of nitriles is 1. The van der Waals surface area contributed by atoms with Crippen molar-refractivity contribution in [3.05, 3.63) is 234 Å². The molecular weight excluding hydrogens is 709 g/mol. The van der Waals surface area contributed by atoms with Gasteiger partial charge in [-0.2, -0.15) is 5.26 Å². The van der Waals surface area contributed by atoms with Gasteiger partial charge >= 0.3 is 0 Å². The van der Waals surface area contributed by atoms with E-state index in [1.807, 2.05) is 48.5 Å². The Kier molecular flexibility index (Phi) is 8.70. The van der Waals surface area contributed by atoms with Crippen molar-refractivity contribution in [2.75, 3.05) is 0 Å². The highest BCUT2D eigenvalue weighted by Gasteiger charge is 2.45. The quantitative estimate of drug-likeness (QED) is 0.163. The highest BCUT2D eigenvalue weighted by molar-refractivity contribution is 5.83. The molecule has 58 heavy (non-hydrogen) atoms. The fourth-order valence-corrected chi connectivity index (χ4v) is 8.25. The molecule has 0 fully saturated rings. The van der Waals surface area contributed by atoms with Crippen LogP contribution in [0.1, 0.15) is 27.8 Å². The highest BCUT2D eigenvalue weighted by Crippen LogP contribution is 2.57. The van der Waals surface area contributed by atoms with Gasteiger partial charge in [0.2, 0.25) is 0 Å². The van der Waals surface area contributed by atoms with E-state index in [1.165, 1.54) is 11.1 Å². The fourth-order valence-electron chi connectivity index (χ4n) is 8.25. The van der Waals surface area contributed by atoms with Crippen LogP contribution in [0.15, 0.2) is 206 Å². The highest BCUT2D eigenvalue weighted by atomic mass is 16.5. The molecule has 0 aliphatic carbocycles. The fraction of sp³-hybridized carbons (Fsp3) is 0.0189. The Bertz CT molecular complexity index is 2920. The number of para-hydroxylation sites is 2. The molecule has 0 spiro atoms. The third-order valence-corrected chi connectivity index (χ3v) is 11.0. The molecule has 0 radical (unpaired) electrons. The van der Waals surface area contributed by atoms with Crippen LogP contribution in [0.3, 0.4) is 0 Å². The Morgan fingerprint density at radius 2 is 0.845 bits per heavy atom. The molecule has 1 aliphatic heterocycles. The normalized spacial score (nSPS) is 12.4. The molecular formula is C53H34N4O. The first-order valence-electron chi connectivity index (χ1n) is 19.2. The maximum absolute atomic E-state index is 9.47. The maximum atomic E-state index is 9.47. The van der Waals surface area contributed by atoms with Crippen molar-refractivity contribution in [3.63, 3.8) is 0 Å². The summed E-state index contributed by atoms with van der Waals surface area (Å²) in [6.07, 6.45) is 0. The van der Waals surface area contributed by atoms with Gasteiger partial charge in [-0.15, -0.1) is 0 Å². The van der Waals surface area contributed by atoms with E-state index >= 15 is 0 Å². The second-order valence-electron chi connectivity index (χ2n) is 14.2. The lowest BCUT2D eigenvalue weighted by Crippen LogP contribution is -2.34. The van der Waals surface area contributed by atoms with E-state index in [0.29, 0.717) is 23.0 Å². The van der Waals surface area contributed by atoms with Crippen LogP contribution < -0.4 is 4.74 Å². The second-order valence-corrected chi connectivity index (χ2v) is 14.2. The van der Waals surface area contributed by atoms with Gasteiger partial charge in [0.15, 0.2) is 17.5 Å². The molecule has 0 N–H and O–H groups in total. The van der Waals surface area contributed by atoms with Crippen LogP contribution in [0.4, 0.5) is 0 Å². The third kappa shape index (κ3) is 5.92. The van der Waals surface area contributed by atoms with Crippen LogP contribution in [0.2, 0.25) is 0 Å². The van der Waals surface area contributed by atoms with Gasteiger partial charge < -0.3 is 4.74 Å². The van der Waals surface area contributed by atoms with E-state index in [2.05, 4.69) is 152 Å². The van der Waals surface area contributed by atoms with Crippen molar-refractivity contribution < 1.29 is 4.74 Å². The molecule has 10 rings (SSSR count). The van der Waals surface area contributed by atoms with Crippen LogP contribution >= 0.6 is 0 Å². The summed E-state index contributed by atoms with van der Waals surface area (Å²) in [4.78, 5) is 15.1. The molecule has 8 aromatic carbocycles. The van der Waals surface area contributed by atoms with Gasteiger partial charge in [-0.25, -0.2) is 15.0 Å². The van der Waals surface area contributed by atoms with Crippen molar-refractivity contribution in [3.8, 4) is 74.0 Å². The maximum Gasteiger partial charge on any atom is 0.164 e. The van der Waals surface area contributed by atoms with Crippen molar-refractivity contribution in [1.82, 2.24) is 15.0 Å². The number of hydrogen-bond acceptors (Lipinski definition) is 5. The molecule has 5 nitrogen and oxygen atoms in total. The van der Waals surface area contributed by atoms with Crippen molar-refractivity contribution in [2.45, 2.75) is 5.41 Å². The lowest BCUT2D eigenvalue weighted by atomic mass is 9.63. The van der Waals surface area contributed by atoms with E-state index in [4.69, 9.17) is 19.7 Å². The summed E-state index contributed by atoms with van der Waals surface area (Å²) in [7, 11) is 0. The largest absolute Gasteiger partial charge is 0.456 e. The number of fused-ring (bicyclic) bond motifs is 2. The Balaban J connectivity index is 1.12. The molecule has 1 aliphatic rings. The Labute approximate surface area is 337 Å². The van der Waals surface area contributed by atoms with Gasteiger partial charge in [-0.3, -0.25) is 0 Å². The predicted molar refractivity (Wildman–Crippen MR) is 230 cm³/mol. The topological polar surface area (TPSA) is 71.7 Å². The van der Waals surface area contributed by atoms with Gasteiger partial charge in [0.1, 0.15) is 11.5 Å². The number of rotatable bonds is 7.